The van der Waals surface area contributed by atoms with Gasteiger partial charge in [0, 0.05) is 30.6 Å². The van der Waals surface area contributed by atoms with Crippen LogP contribution in [0.15, 0.2) is 0 Å². The smallest absolute Gasteiger partial charge is 0.138 e. The Morgan fingerprint density at radius 3 is 2.28 bits per heavy atom. The SMILES string of the molecule is CC(C)n1c(C2CCOCC2)nnc1C(C)(C)C. The van der Waals surface area contributed by atoms with E-state index in [1.807, 2.05) is 0 Å². The summed E-state index contributed by atoms with van der Waals surface area (Å²) in [5, 5.41) is 8.94. The van der Waals surface area contributed by atoms with E-state index in [1.165, 1.54) is 0 Å². The number of nitrogens with zero attached hydrogens (tertiary/aromatic N) is 3. The first-order valence-corrected chi connectivity index (χ1v) is 6.94. The van der Waals surface area contributed by atoms with Gasteiger partial charge in [0.2, 0.25) is 0 Å². The van der Waals surface area contributed by atoms with Crippen LogP contribution in [-0.4, -0.2) is 28.0 Å². The number of hydrogen-bond donors (Lipinski definition) is 0. The molecule has 102 valence electrons. The monoisotopic (exact) mass is 251 g/mol. The molecule has 4 heteroatoms. The predicted molar refractivity (Wildman–Crippen MR) is 71.9 cm³/mol. The fourth-order valence-corrected chi connectivity index (χ4v) is 2.56. The van der Waals surface area contributed by atoms with Crippen LogP contribution in [0, 0.1) is 0 Å². The second-order valence-electron chi connectivity index (χ2n) is 6.48. The molecule has 0 radical (unpaired) electrons. The lowest BCUT2D eigenvalue weighted by Crippen LogP contribution is -2.24. The predicted octanol–water partition coefficient (Wildman–Crippen LogP) is 3.05. The minimum atomic E-state index is 0.0423. The van der Waals surface area contributed by atoms with Crippen LogP contribution in [-0.2, 0) is 10.2 Å². The largest absolute Gasteiger partial charge is 0.381 e. The number of aromatic nitrogens is 3. The standard InChI is InChI=1S/C14H25N3O/c1-10(2)17-12(11-6-8-18-9-7-11)15-16-13(17)14(3,4)5/h10-11H,6-9H2,1-5H3. The van der Waals surface area contributed by atoms with E-state index in [0.29, 0.717) is 12.0 Å². The normalized spacial score (nSPS) is 18.6. The van der Waals surface area contributed by atoms with Crippen LogP contribution in [0.2, 0.25) is 0 Å². The topological polar surface area (TPSA) is 39.9 Å². The lowest BCUT2D eigenvalue weighted by atomic mass is 9.94. The first-order chi connectivity index (χ1) is 8.41. The summed E-state index contributed by atoms with van der Waals surface area (Å²) in [6.45, 7) is 12.7. The number of hydrogen-bond acceptors (Lipinski definition) is 3. The molecule has 1 aromatic heterocycles. The molecule has 1 aliphatic heterocycles. The zero-order chi connectivity index (χ0) is 13.3. The first-order valence-electron chi connectivity index (χ1n) is 6.94. The summed E-state index contributed by atoms with van der Waals surface area (Å²) in [7, 11) is 0. The molecule has 0 spiro atoms. The highest BCUT2D eigenvalue weighted by Crippen LogP contribution is 2.31. The fourth-order valence-electron chi connectivity index (χ4n) is 2.56. The lowest BCUT2D eigenvalue weighted by molar-refractivity contribution is 0.0824. The van der Waals surface area contributed by atoms with Crippen LogP contribution in [0.4, 0.5) is 0 Å². The highest BCUT2D eigenvalue weighted by molar-refractivity contribution is 5.11. The van der Waals surface area contributed by atoms with Crippen molar-refractivity contribution in [3.05, 3.63) is 11.6 Å². The van der Waals surface area contributed by atoms with E-state index in [0.717, 1.165) is 37.7 Å². The highest BCUT2D eigenvalue weighted by Gasteiger charge is 2.29. The van der Waals surface area contributed by atoms with Crippen molar-refractivity contribution in [2.45, 2.75) is 64.8 Å². The maximum Gasteiger partial charge on any atom is 0.138 e. The average Bonchev–Trinajstić information content (AvgIpc) is 2.74. The molecule has 0 saturated carbocycles. The molecule has 2 rings (SSSR count). The van der Waals surface area contributed by atoms with Crippen molar-refractivity contribution in [1.29, 1.82) is 0 Å². The van der Waals surface area contributed by atoms with E-state index in [4.69, 9.17) is 4.74 Å². The lowest BCUT2D eigenvalue weighted by Gasteiger charge is -2.26. The molecular weight excluding hydrogens is 226 g/mol. The van der Waals surface area contributed by atoms with E-state index in [-0.39, 0.29) is 5.41 Å². The van der Waals surface area contributed by atoms with Crippen molar-refractivity contribution in [3.63, 3.8) is 0 Å². The summed E-state index contributed by atoms with van der Waals surface area (Å²) in [6, 6.07) is 0.409. The van der Waals surface area contributed by atoms with Crippen LogP contribution < -0.4 is 0 Å². The van der Waals surface area contributed by atoms with Crippen molar-refractivity contribution < 1.29 is 4.74 Å². The van der Waals surface area contributed by atoms with Crippen LogP contribution in [0.5, 0.6) is 0 Å². The van der Waals surface area contributed by atoms with Crippen LogP contribution in [0.1, 0.15) is 71.1 Å². The molecular formula is C14H25N3O. The van der Waals surface area contributed by atoms with Crippen molar-refractivity contribution in [1.82, 2.24) is 14.8 Å². The molecule has 1 aromatic rings. The minimum Gasteiger partial charge on any atom is -0.381 e. The summed E-state index contributed by atoms with van der Waals surface area (Å²) in [5.74, 6) is 2.75. The van der Waals surface area contributed by atoms with E-state index >= 15 is 0 Å². The molecule has 0 aliphatic carbocycles. The zero-order valence-corrected chi connectivity index (χ0v) is 12.2. The van der Waals surface area contributed by atoms with Gasteiger partial charge < -0.3 is 9.30 Å². The third kappa shape index (κ3) is 2.58. The summed E-state index contributed by atoms with van der Waals surface area (Å²) in [4.78, 5) is 0. The Morgan fingerprint density at radius 2 is 1.78 bits per heavy atom. The molecule has 0 amide bonds. The van der Waals surface area contributed by atoms with Crippen molar-refractivity contribution >= 4 is 0 Å². The minimum absolute atomic E-state index is 0.0423. The Labute approximate surface area is 110 Å². The van der Waals surface area contributed by atoms with E-state index in [2.05, 4.69) is 49.4 Å². The second kappa shape index (κ2) is 5.00. The van der Waals surface area contributed by atoms with Gasteiger partial charge in [0.05, 0.1) is 0 Å². The van der Waals surface area contributed by atoms with Gasteiger partial charge in [-0.25, -0.2) is 0 Å². The van der Waals surface area contributed by atoms with Gasteiger partial charge in [-0.05, 0) is 26.7 Å². The molecule has 0 atom stereocenters. The van der Waals surface area contributed by atoms with Gasteiger partial charge in [0.25, 0.3) is 0 Å². The Balaban J connectivity index is 2.38. The van der Waals surface area contributed by atoms with Crippen molar-refractivity contribution in [2.24, 2.45) is 0 Å². The molecule has 0 aromatic carbocycles. The van der Waals surface area contributed by atoms with E-state index in [1.54, 1.807) is 0 Å². The zero-order valence-electron chi connectivity index (χ0n) is 12.2. The Hall–Kier alpha value is -0.900. The van der Waals surface area contributed by atoms with Crippen molar-refractivity contribution in [2.75, 3.05) is 13.2 Å². The summed E-state index contributed by atoms with van der Waals surface area (Å²) >= 11 is 0. The van der Waals surface area contributed by atoms with Crippen molar-refractivity contribution in [3.8, 4) is 0 Å². The van der Waals surface area contributed by atoms with Gasteiger partial charge in [-0.1, -0.05) is 20.8 Å². The van der Waals surface area contributed by atoms with Gasteiger partial charge in [-0.15, -0.1) is 10.2 Å². The molecule has 1 fully saturated rings. The van der Waals surface area contributed by atoms with Gasteiger partial charge in [-0.3, -0.25) is 0 Å². The third-order valence-corrected chi connectivity index (χ3v) is 3.50. The van der Waals surface area contributed by atoms with E-state index in [9.17, 15) is 0 Å². The fraction of sp³-hybridized carbons (Fsp3) is 0.857. The quantitative estimate of drug-likeness (QED) is 0.811. The van der Waals surface area contributed by atoms with Crippen LogP contribution >= 0.6 is 0 Å². The van der Waals surface area contributed by atoms with Gasteiger partial charge in [-0.2, -0.15) is 0 Å². The first kappa shape index (κ1) is 13.5. The van der Waals surface area contributed by atoms with Gasteiger partial charge in [0.15, 0.2) is 0 Å². The third-order valence-electron chi connectivity index (χ3n) is 3.50. The second-order valence-corrected chi connectivity index (χ2v) is 6.48. The van der Waals surface area contributed by atoms with Crippen LogP contribution in [0.3, 0.4) is 0 Å². The molecule has 4 nitrogen and oxygen atoms in total. The summed E-state index contributed by atoms with van der Waals surface area (Å²) in [5.41, 5.74) is 0.0423. The van der Waals surface area contributed by atoms with Gasteiger partial charge in [0.1, 0.15) is 11.6 Å². The molecule has 1 saturated heterocycles. The molecule has 0 bridgehead atoms. The maximum atomic E-state index is 5.44. The van der Waals surface area contributed by atoms with E-state index < -0.39 is 0 Å². The number of ether oxygens (including phenoxy) is 1. The maximum absolute atomic E-state index is 5.44. The summed E-state index contributed by atoms with van der Waals surface area (Å²) < 4.78 is 7.77. The summed E-state index contributed by atoms with van der Waals surface area (Å²) in [6.07, 6.45) is 2.13. The number of rotatable bonds is 2. The average molecular weight is 251 g/mol. The Bertz CT molecular complexity index is 398. The Kier molecular flexibility index (Phi) is 3.76. The molecule has 0 unspecified atom stereocenters. The Morgan fingerprint density at radius 1 is 1.17 bits per heavy atom. The molecule has 0 N–H and O–H groups in total. The molecule has 1 aliphatic rings. The van der Waals surface area contributed by atoms with Gasteiger partial charge >= 0.3 is 0 Å². The van der Waals surface area contributed by atoms with Crippen LogP contribution in [0.25, 0.3) is 0 Å². The molecule has 18 heavy (non-hydrogen) atoms. The molecule has 2 heterocycles. The highest BCUT2D eigenvalue weighted by atomic mass is 16.5.